The largest absolute Gasteiger partial charge is 0.379 e. The number of amides is 1. The first-order valence-electron chi connectivity index (χ1n) is 5.30. The molecule has 2 atom stereocenters. The summed E-state index contributed by atoms with van der Waals surface area (Å²) in [7, 11) is 0. The smallest absolute Gasteiger partial charge is 0.239 e. The van der Waals surface area contributed by atoms with Crippen LogP contribution in [-0.4, -0.2) is 42.1 Å². The van der Waals surface area contributed by atoms with E-state index >= 15 is 0 Å². The zero-order valence-corrected chi connectivity index (χ0v) is 8.66. The van der Waals surface area contributed by atoms with Gasteiger partial charge in [0, 0.05) is 13.2 Å². The Hall–Kier alpha value is -0.610. The predicted molar refractivity (Wildman–Crippen MR) is 52.8 cm³/mol. The van der Waals surface area contributed by atoms with Crippen LogP contribution < -0.4 is 5.73 Å². The van der Waals surface area contributed by atoms with Gasteiger partial charge in [-0.1, -0.05) is 0 Å². The molecule has 80 valence electrons. The Labute approximate surface area is 84.4 Å². The second kappa shape index (κ2) is 3.51. The van der Waals surface area contributed by atoms with Crippen LogP contribution in [0.2, 0.25) is 0 Å². The highest BCUT2D eigenvalue weighted by Crippen LogP contribution is 2.36. The molecule has 2 N–H and O–H groups in total. The zero-order chi connectivity index (χ0) is 10.2. The quantitative estimate of drug-likeness (QED) is 0.651. The summed E-state index contributed by atoms with van der Waals surface area (Å²) in [5.74, 6) is 0.0769. The van der Waals surface area contributed by atoms with Crippen LogP contribution in [0.15, 0.2) is 0 Å². The van der Waals surface area contributed by atoms with Crippen molar-refractivity contribution < 1.29 is 9.53 Å². The van der Waals surface area contributed by atoms with E-state index in [1.54, 1.807) is 6.92 Å². The van der Waals surface area contributed by atoms with Gasteiger partial charge < -0.3 is 15.4 Å². The van der Waals surface area contributed by atoms with Crippen molar-refractivity contribution in [3.63, 3.8) is 0 Å². The normalized spacial score (nSPS) is 34.0. The summed E-state index contributed by atoms with van der Waals surface area (Å²) in [5, 5.41) is 0. The van der Waals surface area contributed by atoms with Crippen LogP contribution in [-0.2, 0) is 9.53 Å². The number of ether oxygens (including phenoxy) is 1. The SMILES string of the molecule is CC(N)C(=O)N1CCCC12CCOC2. The molecular formula is C10H18N2O2. The Morgan fingerprint density at radius 3 is 2.93 bits per heavy atom. The van der Waals surface area contributed by atoms with E-state index in [-0.39, 0.29) is 17.5 Å². The van der Waals surface area contributed by atoms with Gasteiger partial charge in [0.2, 0.25) is 5.91 Å². The van der Waals surface area contributed by atoms with Crippen LogP contribution in [0, 0.1) is 0 Å². The summed E-state index contributed by atoms with van der Waals surface area (Å²) in [6.07, 6.45) is 3.14. The molecule has 14 heavy (non-hydrogen) atoms. The van der Waals surface area contributed by atoms with Crippen molar-refractivity contribution in [2.24, 2.45) is 5.73 Å². The number of nitrogens with zero attached hydrogens (tertiary/aromatic N) is 1. The summed E-state index contributed by atoms with van der Waals surface area (Å²) < 4.78 is 5.41. The molecule has 4 heteroatoms. The first-order chi connectivity index (χ1) is 6.66. The Balaban J connectivity index is 2.14. The maximum absolute atomic E-state index is 11.9. The van der Waals surface area contributed by atoms with Crippen LogP contribution in [0.3, 0.4) is 0 Å². The lowest BCUT2D eigenvalue weighted by Crippen LogP contribution is -2.52. The van der Waals surface area contributed by atoms with Gasteiger partial charge in [0.15, 0.2) is 0 Å². The molecule has 0 aromatic rings. The summed E-state index contributed by atoms with van der Waals surface area (Å²) >= 11 is 0. The molecule has 2 aliphatic rings. The number of carbonyl (C=O) groups excluding carboxylic acids is 1. The monoisotopic (exact) mass is 198 g/mol. The first-order valence-corrected chi connectivity index (χ1v) is 5.30. The highest BCUT2D eigenvalue weighted by atomic mass is 16.5. The summed E-state index contributed by atoms with van der Waals surface area (Å²) in [4.78, 5) is 13.8. The molecule has 4 nitrogen and oxygen atoms in total. The molecule has 0 aromatic carbocycles. The lowest BCUT2D eigenvalue weighted by Gasteiger charge is -2.34. The van der Waals surface area contributed by atoms with Crippen molar-refractivity contribution in [1.29, 1.82) is 0 Å². The summed E-state index contributed by atoms with van der Waals surface area (Å²) in [6.45, 7) is 4.09. The van der Waals surface area contributed by atoms with Crippen molar-refractivity contribution in [2.75, 3.05) is 19.8 Å². The lowest BCUT2D eigenvalue weighted by atomic mass is 9.95. The van der Waals surface area contributed by atoms with E-state index in [1.807, 2.05) is 4.90 Å². The Bertz CT molecular complexity index is 229. The molecule has 0 radical (unpaired) electrons. The van der Waals surface area contributed by atoms with E-state index < -0.39 is 0 Å². The third-order valence-corrected chi connectivity index (χ3v) is 3.33. The van der Waals surface area contributed by atoms with Crippen molar-refractivity contribution in [2.45, 2.75) is 37.8 Å². The van der Waals surface area contributed by atoms with Gasteiger partial charge in [0.05, 0.1) is 18.2 Å². The number of hydrogen-bond acceptors (Lipinski definition) is 3. The minimum atomic E-state index is -0.384. The number of likely N-dealkylation sites (tertiary alicyclic amines) is 1. The molecule has 2 aliphatic heterocycles. The van der Waals surface area contributed by atoms with E-state index in [0.29, 0.717) is 6.61 Å². The van der Waals surface area contributed by atoms with Crippen molar-refractivity contribution in [3.05, 3.63) is 0 Å². The second-order valence-corrected chi connectivity index (χ2v) is 4.41. The van der Waals surface area contributed by atoms with Gasteiger partial charge in [-0.05, 0) is 26.2 Å². The Morgan fingerprint density at radius 1 is 1.57 bits per heavy atom. The number of rotatable bonds is 1. The molecule has 2 unspecified atom stereocenters. The van der Waals surface area contributed by atoms with E-state index in [2.05, 4.69) is 0 Å². The highest BCUT2D eigenvalue weighted by Gasteiger charge is 2.46. The van der Waals surface area contributed by atoms with Crippen molar-refractivity contribution in [3.8, 4) is 0 Å². The van der Waals surface area contributed by atoms with Crippen LogP contribution >= 0.6 is 0 Å². The topological polar surface area (TPSA) is 55.6 Å². The third-order valence-electron chi connectivity index (χ3n) is 3.33. The molecular weight excluding hydrogens is 180 g/mol. The van der Waals surface area contributed by atoms with Crippen molar-refractivity contribution >= 4 is 5.91 Å². The average molecular weight is 198 g/mol. The number of nitrogens with two attached hydrogens (primary N) is 1. The molecule has 2 rings (SSSR count). The highest BCUT2D eigenvalue weighted by molar-refractivity contribution is 5.82. The minimum Gasteiger partial charge on any atom is -0.379 e. The minimum absolute atomic E-state index is 0.00921. The van der Waals surface area contributed by atoms with E-state index in [4.69, 9.17) is 10.5 Å². The fraction of sp³-hybridized carbons (Fsp3) is 0.900. The van der Waals surface area contributed by atoms with Gasteiger partial charge in [0.1, 0.15) is 0 Å². The van der Waals surface area contributed by atoms with Gasteiger partial charge in [0.25, 0.3) is 0 Å². The van der Waals surface area contributed by atoms with Gasteiger partial charge in [-0.25, -0.2) is 0 Å². The fourth-order valence-electron chi connectivity index (χ4n) is 2.53. The van der Waals surface area contributed by atoms with Gasteiger partial charge in [-0.15, -0.1) is 0 Å². The zero-order valence-electron chi connectivity index (χ0n) is 8.66. The molecule has 2 fully saturated rings. The molecule has 1 amide bonds. The predicted octanol–water partition coefficient (Wildman–Crippen LogP) is 0.115. The molecule has 0 aliphatic carbocycles. The molecule has 2 heterocycles. The molecule has 0 saturated carbocycles. The number of carbonyl (C=O) groups is 1. The van der Waals surface area contributed by atoms with Gasteiger partial charge >= 0.3 is 0 Å². The van der Waals surface area contributed by atoms with Crippen LogP contribution in [0.4, 0.5) is 0 Å². The average Bonchev–Trinajstić information content (AvgIpc) is 2.76. The van der Waals surface area contributed by atoms with E-state index in [9.17, 15) is 4.79 Å². The third kappa shape index (κ3) is 1.42. The maximum Gasteiger partial charge on any atom is 0.239 e. The lowest BCUT2D eigenvalue weighted by molar-refractivity contribution is -0.136. The standard InChI is InChI=1S/C10H18N2O2/c1-8(11)9(13)12-5-2-3-10(12)4-6-14-7-10/h8H,2-7,11H2,1H3. The van der Waals surface area contributed by atoms with Gasteiger partial charge in [-0.2, -0.15) is 0 Å². The van der Waals surface area contributed by atoms with Crippen LogP contribution in [0.1, 0.15) is 26.2 Å². The summed E-state index contributed by atoms with van der Waals surface area (Å²) in [5.41, 5.74) is 5.63. The van der Waals surface area contributed by atoms with Gasteiger partial charge in [-0.3, -0.25) is 4.79 Å². The Kier molecular flexibility index (Phi) is 2.49. The van der Waals surface area contributed by atoms with E-state index in [0.717, 1.165) is 32.4 Å². The molecule has 0 aromatic heterocycles. The van der Waals surface area contributed by atoms with Crippen LogP contribution in [0.5, 0.6) is 0 Å². The molecule has 1 spiro atoms. The van der Waals surface area contributed by atoms with Crippen LogP contribution in [0.25, 0.3) is 0 Å². The second-order valence-electron chi connectivity index (χ2n) is 4.41. The van der Waals surface area contributed by atoms with Crippen molar-refractivity contribution in [1.82, 2.24) is 4.90 Å². The molecule has 0 bridgehead atoms. The maximum atomic E-state index is 11.9. The fourth-order valence-corrected chi connectivity index (χ4v) is 2.53. The number of hydrogen-bond donors (Lipinski definition) is 1. The Morgan fingerprint density at radius 2 is 2.36 bits per heavy atom. The van der Waals surface area contributed by atoms with E-state index in [1.165, 1.54) is 0 Å². The first kappa shape index (κ1) is 9.93. The summed E-state index contributed by atoms with van der Waals surface area (Å²) in [6, 6.07) is -0.384. The molecule has 2 saturated heterocycles.